The molecule has 9 heteroatoms. The quantitative estimate of drug-likeness (QED) is 0.372. The molecule has 0 atom stereocenters. The summed E-state index contributed by atoms with van der Waals surface area (Å²) in [6, 6.07) is 10.4. The number of cyclic esters (lactones) is 1. The van der Waals surface area contributed by atoms with E-state index in [1.807, 2.05) is 0 Å². The molecule has 2 aromatic carbocycles. The van der Waals surface area contributed by atoms with E-state index in [0.717, 1.165) is 0 Å². The van der Waals surface area contributed by atoms with Crippen LogP contribution in [-0.4, -0.2) is 31.1 Å². The largest absolute Gasteiger partial charge is 0.480 e. The van der Waals surface area contributed by atoms with Gasteiger partial charge in [0.05, 0.1) is 26.1 Å². The number of hydrogen-bond donors (Lipinski definition) is 0. The van der Waals surface area contributed by atoms with Crippen molar-refractivity contribution in [3.05, 3.63) is 67.2 Å². The summed E-state index contributed by atoms with van der Waals surface area (Å²) in [5.41, 5.74) is 1.35. The highest BCUT2D eigenvalue weighted by atomic mass is 79.9. The molecule has 0 aliphatic carbocycles. The molecule has 6 nitrogen and oxygen atoms in total. The van der Waals surface area contributed by atoms with Crippen molar-refractivity contribution >= 4 is 67.4 Å². The van der Waals surface area contributed by atoms with Crippen LogP contribution in [0.15, 0.2) is 56.0 Å². The number of benzene rings is 2. The Hall–Kier alpha value is -2.16. The maximum absolute atomic E-state index is 12.2. The van der Waals surface area contributed by atoms with E-state index in [2.05, 4.69) is 36.9 Å². The summed E-state index contributed by atoms with van der Waals surface area (Å²) in [5, 5.41) is 0.439. The van der Waals surface area contributed by atoms with E-state index in [0.29, 0.717) is 30.8 Å². The molecule has 0 saturated carbocycles. The highest BCUT2D eigenvalue weighted by Gasteiger charge is 2.25. The molecule has 150 valence electrons. The molecule has 0 aromatic heterocycles. The van der Waals surface area contributed by atoms with E-state index in [4.69, 9.17) is 25.8 Å². The van der Waals surface area contributed by atoms with Gasteiger partial charge in [-0.1, -0.05) is 23.7 Å². The fraction of sp³-hybridized carbons (Fsp3) is 0.150. The Bertz CT molecular complexity index is 1010. The van der Waals surface area contributed by atoms with Gasteiger partial charge in [0.2, 0.25) is 5.90 Å². The standard InChI is InChI=1S/C20H14Br2ClNO5/c1-2-27-17(25)10-28-18-13(21)7-11(8-14(18)22)9-16-20(26)29-19(24-16)12-5-3-4-6-15(12)23/h3-9H,2,10H2,1H3/b16-9-. The SMILES string of the molecule is CCOC(=O)COc1c(Br)cc(/C=C2\N=C(c3ccccc3Cl)OC2=O)cc1Br. The lowest BCUT2D eigenvalue weighted by atomic mass is 10.2. The van der Waals surface area contributed by atoms with Crippen molar-refractivity contribution in [1.82, 2.24) is 0 Å². The van der Waals surface area contributed by atoms with Gasteiger partial charge >= 0.3 is 11.9 Å². The summed E-state index contributed by atoms with van der Waals surface area (Å²) in [5.74, 6) is -0.448. The lowest BCUT2D eigenvalue weighted by Crippen LogP contribution is -2.15. The fourth-order valence-electron chi connectivity index (χ4n) is 2.45. The zero-order valence-corrected chi connectivity index (χ0v) is 19.0. The van der Waals surface area contributed by atoms with Crippen LogP contribution in [0.5, 0.6) is 5.75 Å². The van der Waals surface area contributed by atoms with Crippen LogP contribution in [0.4, 0.5) is 0 Å². The van der Waals surface area contributed by atoms with Crippen LogP contribution in [0.2, 0.25) is 5.02 Å². The van der Waals surface area contributed by atoms with Gasteiger partial charge in [-0.2, -0.15) is 0 Å². The first kappa shape index (κ1) is 21.5. The van der Waals surface area contributed by atoms with Crippen LogP contribution in [0.25, 0.3) is 6.08 Å². The highest BCUT2D eigenvalue weighted by molar-refractivity contribution is 9.11. The van der Waals surface area contributed by atoms with Crippen LogP contribution in [-0.2, 0) is 19.1 Å². The third-order valence-corrected chi connectivity index (χ3v) is 5.20. The minimum Gasteiger partial charge on any atom is -0.480 e. The summed E-state index contributed by atoms with van der Waals surface area (Å²) in [4.78, 5) is 27.9. The summed E-state index contributed by atoms with van der Waals surface area (Å²) in [6.07, 6.45) is 1.58. The van der Waals surface area contributed by atoms with E-state index < -0.39 is 11.9 Å². The van der Waals surface area contributed by atoms with Crippen molar-refractivity contribution in [2.24, 2.45) is 4.99 Å². The minimum atomic E-state index is -0.574. The summed E-state index contributed by atoms with van der Waals surface area (Å²) in [6.45, 7) is 1.78. The molecule has 0 bridgehead atoms. The molecular weight excluding hydrogens is 529 g/mol. The van der Waals surface area contributed by atoms with Gasteiger partial charge < -0.3 is 14.2 Å². The maximum atomic E-state index is 12.2. The smallest absolute Gasteiger partial charge is 0.363 e. The van der Waals surface area contributed by atoms with Crippen molar-refractivity contribution in [1.29, 1.82) is 0 Å². The molecule has 1 aliphatic rings. The van der Waals surface area contributed by atoms with E-state index >= 15 is 0 Å². The molecule has 3 rings (SSSR count). The Kier molecular flexibility index (Phi) is 7.10. The summed E-state index contributed by atoms with van der Waals surface area (Å²) >= 11 is 12.9. The van der Waals surface area contributed by atoms with Crippen LogP contribution in [0, 0.1) is 0 Å². The predicted octanol–water partition coefficient (Wildman–Crippen LogP) is 5.15. The number of halogens is 3. The topological polar surface area (TPSA) is 74.2 Å². The molecule has 0 unspecified atom stereocenters. The van der Waals surface area contributed by atoms with E-state index in [-0.39, 0.29) is 24.8 Å². The third kappa shape index (κ3) is 5.26. The number of rotatable bonds is 6. The second kappa shape index (κ2) is 9.56. The number of carbonyl (C=O) groups is 2. The molecule has 29 heavy (non-hydrogen) atoms. The van der Waals surface area contributed by atoms with Crippen molar-refractivity contribution in [3.63, 3.8) is 0 Å². The lowest BCUT2D eigenvalue weighted by molar-refractivity contribution is -0.145. The summed E-state index contributed by atoms with van der Waals surface area (Å²) < 4.78 is 16.8. The first-order valence-electron chi connectivity index (χ1n) is 8.44. The Morgan fingerprint density at radius 3 is 2.59 bits per heavy atom. The number of ether oxygens (including phenoxy) is 3. The van der Waals surface area contributed by atoms with E-state index in [1.165, 1.54) is 0 Å². The zero-order chi connectivity index (χ0) is 21.0. The first-order valence-corrected chi connectivity index (χ1v) is 10.4. The normalized spacial score (nSPS) is 14.6. The number of aliphatic imine (C=N–C) groups is 1. The number of nitrogens with zero attached hydrogens (tertiary/aromatic N) is 1. The van der Waals surface area contributed by atoms with Crippen molar-refractivity contribution in [2.75, 3.05) is 13.2 Å². The number of carbonyl (C=O) groups excluding carboxylic acids is 2. The monoisotopic (exact) mass is 541 g/mol. The molecule has 2 aromatic rings. The fourth-order valence-corrected chi connectivity index (χ4v) is 4.12. The number of esters is 2. The average Bonchev–Trinajstić information content (AvgIpc) is 3.02. The predicted molar refractivity (Wildman–Crippen MR) is 116 cm³/mol. The van der Waals surface area contributed by atoms with Gasteiger partial charge in [0.1, 0.15) is 5.75 Å². The molecule has 1 heterocycles. The highest BCUT2D eigenvalue weighted by Crippen LogP contribution is 2.36. The van der Waals surface area contributed by atoms with Crippen molar-refractivity contribution in [3.8, 4) is 5.75 Å². The number of hydrogen-bond acceptors (Lipinski definition) is 6. The van der Waals surface area contributed by atoms with E-state index in [1.54, 1.807) is 49.4 Å². The van der Waals surface area contributed by atoms with E-state index in [9.17, 15) is 9.59 Å². The molecule has 0 amide bonds. The van der Waals surface area contributed by atoms with Gasteiger partial charge in [0, 0.05) is 0 Å². The molecule has 0 spiro atoms. The molecule has 1 aliphatic heterocycles. The average molecular weight is 544 g/mol. The van der Waals surface area contributed by atoms with Gasteiger partial charge in [-0.15, -0.1) is 0 Å². The van der Waals surface area contributed by atoms with Crippen molar-refractivity contribution in [2.45, 2.75) is 6.92 Å². The van der Waals surface area contributed by atoms with Crippen LogP contribution >= 0.6 is 43.5 Å². The second-order valence-electron chi connectivity index (χ2n) is 5.72. The van der Waals surface area contributed by atoms with Gasteiger partial charge in [-0.3, -0.25) is 0 Å². The Morgan fingerprint density at radius 1 is 1.24 bits per heavy atom. The second-order valence-corrected chi connectivity index (χ2v) is 7.84. The Balaban J connectivity index is 1.84. The van der Waals surface area contributed by atoms with Gasteiger partial charge in [-0.05, 0) is 74.7 Å². The van der Waals surface area contributed by atoms with Crippen LogP contribution in [0.3, 0.4) is 0 Å². The third-order valence-electron chi connectivity index (χ3n) is 3.69. The maximum Gasteiger partial charge on any atom is 0.363 e. The lowest BCUT2D eigenvalue weighted by Gasteiger charge is -2.10. The van der Waals surface area contributed by atoms with Gasteiger partial charge in [0.15, 0.2) is 12.3 Å². The molecule has 0 fully saturated rings. The van der Waals surface area contributed by atoms with Crippen LogP contribution in [0.1, 0.15) is 18.1 Å². The minimum absolute atomic E-state index is 0.138. The van der Waals surface area contributed by atoms with Crippen LogP contribution < -0.4 is 4.74 Å². The molecule has 0 N–H and O–H groups in total. The van der Waals surface area contributed by atoms with Gasteiger partial charge in [-0.25, -0.2) is 14.6 Å². The molecule has 0 saturated heterocycles. The molecule has 0 radical (unpaired) electrons. The summed E-state index contributed by atoms with van der Waals surface area (Å²) in [7, 11) is 0. The zero-order valence-electron chi connectivity index (χ0n) is 15.1. The first-order chi connectivity index (χ1) is 13.9. The Morgan fingerprint density at radius 2 is 1.93 bits per heavy atom. The molecular formula is C20H14Br2ClNO5. The van der Waals surface area contributed by atoms with Crippen molar-refractivity contribution < 1.29 is 23.8 Å². The van der Waals surface area contributed by atoms with Gasteiger partial charge in [0.25, 0.3) is 0 Å². The Labute approximate surface area is 188 Å².